The number of rotatable bonds is 4. The van der Waals surface area contributed by atoms with Crippen molar-refractivity contribution < 1.29 is 17.9 Å². The zero-order valence-corrected chi connectivity index (χ0v) is 15.7. The SMILES string of the molecule is CCS(=O)(=O)N1C[C@@H](C(=O)N(C)C2CCCCC2)Oc2ccccc21. The highest BCUT2D eigenvalue weighted by Gasteiger charge is 2.38. The average molecular weight is 366 g/mol. The summed E-state index contributed by atoms with van der Waals surface area (Å²) in [5.41, 5.74) is 0.508. The Morgan fingerprint density at radius 1 is 1.24 bits per heavy atom. The van der Waals surface area contributed by atoms with E-state index in [1.54, 1.807) is 43.1 Å². The maximum Gasteiger partial charge on any atom is 0.265 e. The van der Waals surface area contributed by atoms with Gasteiger partial charge in [-0.05, 0) is 31.9 Å². The number of ether oxygens (including phenoxy) is 1. The van der Waals surface area contributed by atoms with E-state index < -0.39 is 16.1 Å². The molecule has 1 aliphatic carbocycles. The molecule has 1 heterocycles. The summed E-state index contributed by atoms with van der Waals surface area (Å²) in [5.74, 6) is 0.291. The van der Waals surface area contributed by atoms with E-state index in [9.17, 15) is 13.2 Å². The molecule has 0 N–H and O–H groups in total. The highest BCUT2D eigenvalue weighted by molar-refractivity contribution is 7.92. The lowest BCUT2D eigenvalue weighted by Gasteiger charge is -2.38. The zero-order valence-electron chi connectivity index (χ0n) is 14.8. The van der Waals surface area contributed by atoms with Gasteiger partial charge in [0.05, 0.1) is 18.0 Å². The number of fused-ring (bicyclic) bond motifs is 1. The van der Waals surface area contributed by atoms with Gasteiger partial charge in [0.2, 0.25) is 10.0 Å². The van der Waals surface area contributed by atoms with Crippen LogP contribution in [0.15, 0.2) is 24.3 Å². The molecule has 0 bridgehead atoms. The molecule has 6 nitrogen and oxygen atoms in total. The van der Waals surface area contributed by atoms with E-state index in [1.807, 2.05) is 0 Å². The van der Waals surface area contributed by atoms with Gasteiger partial charge in [-0.1, -0.05) is 31.4 Å². The van der Waals surface area contributed by atoms with Crippen LogP contribution < -0.4 is 9.04 Å². The number of sulfonamides is 1. The first-order chi connectivity index (χ1) is 11.9. The molecule has 1 aromatic rings. The van der Waals surface area contributed by atoms with Gasteiger partial charge in [0.1, 0.15) is 5.75 Å². The van der Waals surface area contributed by atoms with Crippen molar-refractivity contribution in [3.05, 3.63) is 24.3 Å². The van der Waals surface area contributed by atoms with Gasteiger partial charge in [-0.2, -0.15) is 0 Å². The van der Waals surface area contributed by atoms with Crippen LogP contribution in [0.2, 0.25) is 0 Å². The van der Waals surface area contributed by atoms with Gasteiger partial charge in [-0.25, -0.2) is 8.42 Å². The van der Waals surface area contributed by atoms with Crippen molar-refractivity contribution in [2.45, 2.75) is 51.2 Å². The Morgan fingerprint density at radius 2 is 1.92 bits per heavy atom. The molecular formula is C18H26N2O4S. The van der Waals surface area contributed by atoms with Gasteiger partial charge in [0.15, 0.2) is 6.10 Å². The van der Waals surface area contributed by atoms with E-state index in [0.717, 1.165) is 25.7 Å². The molecule has 0 unspecified atom stereocenters. The number of hydrogen-bond donors (Lipinski definition) is 0. The number of anilines is 1. The van der Waals surface area contributed by atoms with Gasteiger partial charge < -0.3 is 9.64 Å². The first-order valence-electron chi connectivity index (χ1n) is 8.97. The summed E-state index contributed by atoms with van der Waals surface area (Å²) in [4.78, 5) is 14.7. The minimum Gasteiger partial charge on any atom is -0.476 e. The van der Waals surface area contributed by atoms with Crippen LogP contribution >= 0.6 is 0 Å². The lowest BCUT2D eigenvalue weighted by atomic mass is 9.94. The lowest BCUT2D eigenvalue weighted by Crippen LogP contribution is -2.53. The number of benzene rings is 1. The molecule has 2 aliphatic rings. The molecule has 0 aromatic heterocycles. The summed E-state index contributed by atoms with van der Waals surface area (Å²) in [5, 5.41) is 0. The zero-order chi connectivity index (χ0) is 18.0. The van der Waals surface area contributed by atoms with Gasteiger partial charge >= 0.3 is 0 Å². The minimum atomic E-state index is -3.47. The van der Waals surface area contributed by atoms with E-state index in [2.05, 4.69) is 0 Å². The molecule has 0 radical (unpaired) electrons. The van der Waals surface area contributed by atoms with Crippen LogP contribution in [-0.4, -0.2) is 50.7 Å². The van der Waals surface area contributed by atoms with Crippen LogP contribution in [-0.2, 0) is 14.8 Å². The lowest BCUT2D eigenvalue weighted by molar-refractivity contribution is -0.139. The molecule has 138 valence electrons. The maximum absolute atomic E-state index is 12.9. The summed E-state index contributed by atoms with van der Waals surface area (Å²) in [7, 11) is -1.66. The van der Waals surface area contributed by atoms with E-state index in [-0.39, 0.29) is 24.2 Å². The van der Waals surface area contributed by atoms with Crippen molar-refractivity contribution in [2.24, 2.45) is 0 Å². The predicted octanol–water partition coefficient (Wildman–Crippen LogP) is 2.39. The third-order valence-corrected chi connectivity index (χ3v) is 6.93. The molecule has 7 heteroatoms. The summed E-state index contributed by atoms with van der Waals surface area (Å²) < 4.78 is 32.2. The first kappa shape index (κ1) is 18.0. The highest BCUT2D eigenvalue weighted by atomic mass is 32.2. The van der Waals surface area contributed by atoms with E-state index in [1.165, 1.54) is 10.7 Å². The Morgan fingerprint density at radius 3 is 2.60 bits per heavy atom. The molecule has 1 aliphatic heterocycles. The standard InChI is InChI=1S/C18H26N2O4S/c1-3-25(22,23)20-13-17(24-16-12-8-7-11-15(16)20)18(21)19(2)14-9-5-4-6-10-14/h7-8,11-12,14,17H,3-6,9-10,13H2,1-2H3/t17-/m0/s1. The fourth-order valence-corrected chi connectivity index (χ4v) is 4.75. The number of carbonyl (C=O) groups is 1. The van der Waals surface area contributed by atoms with Gasteiger partial charge in [-0.3, -0.25) is 9.10 Å². The van der Waals surface area contributed by atoms with Crippen molar-refractivity contribution >= 4 is 21.6 Å². The van der Waals surface area contributed by atoms with E-state index >= 15 is 0 Å². The number of hydrogen-bond acceptors (Lipinski definition) is 4. The Balaban J connectivity index is 1.85. The quantitative estimate of drug-likeness (QED) is 0.821. The van der Waals surface area contributed by atoms with Crippen LogP contribution in [0.1, 0.15) is 39.0 Å². The Bertz CT molecular complexity index is 728. The summed E-state index contributed by atoms with van der Waals surface area (Å²) in [6, 6.07) is 7.21. The smallest absolute Gasteiger partial charge is 0.265 e. The minimum absolute atomic E-state index is 0.0132. The third-order valence-electron chi connectivity index (χ3n) is 5.18. The summed E-state index contributed by atoms with van der Waals surface area (Å²) in [6.07, 6.45) is 4.68. The third kappa shape index (κ3) is 3.61. The number of likely N-dealkylation sites (N-methyl/N-ethyl adjacent to an activating group) is 1. The van der Waals surface area contributed by atoms with Crippen LogP contribution in [0.4, 0.5) is 5.69 Å². The van der Waals surface area contributed by atoms with Crippen molar-refractivity contribution in [3.63, 3.8) is 0 Å². The normalized spacial score (nSPS) is 21.4. The summed E-state index contributed by atoms with van der Waals surface area (Å²) in [6.45, 7) is 1.64. The molecule has 1 aromatic carbocycles. The maximum atomic E-state index is 12.9. The van der Waals surface area contributed by atoms with Gasteiger partial charge in [0.25, 0.3) is 5.91 Å². The fraction of sp³-hybridized carbons (Fsp3) is 0.611. The molecule has 1 atom stereocenters. The molecular weight excluding hydrogens is 340 g/mol. The number of nitrogens with zero attached hydrogens (tertiary/aromatic N) is 2. The largest absolute Gasteiger partial charge is 0.476 e. The Hall–Kier alpha value is -1.76. The van der Waals surface area contributed by atoms with Crippen molar-refractivity contribution in [2.75, 3.05) is 23.7 Å². The second-order valence-corrected chi connectivity index (χ2v) is 8.93. The monoisotopic (exact) mass is 366 g/mol. The highest BCUT2D eigenvalue weighted by Crippen LogP contribution is 2.35. The van der Waals surface area contributed by atoms with Gasteiger partial charge in [0, 0.05) is 13.1 Å². The van der Waals surface area contributed by atoms with Crippen molar-refractivity contribution in [1.29, 1.82) is 0 Å². The Labute approximate surface area is 149 Å². The average Bonchev–Trinajstić information content (AvgIpc) is 2.66. The molecule has 25 heavy (non-hydrogen) atoms. The molecule has 1 amide bonds. The molecule has 1 saturated carbocycles. The number of amides is 1. The topological polar surface area (TPSA) is 66.9 Å². The molecule has 1 fully saturated rings. The second-order valence-electron chi connectivity index (χ2n) is 6.75. The van der Waals surface area contributed by atoms with Crippen molar-refractivity contribution in [1.82, 2.24) is 4.90 Å². The Kier molecular flexibility index (Phi) is 5.22. The van der Waals surface area contributed by atoms with Crippen LogP contribution in [0.5, 0.6) is 5.75 Å². The fourth-order valence-electron chi connectivity index (χ4n) is 3.63. The van der Waals surface area contributed by atoms with Crippen LogP contribution in [0.3, 0.4) is 0 Å². The number of para-hydroxylation sites is 2. The summed E-state index contributed by atoms with van der Waals surface area (Å²) >= 11 is 0. The number of carbonyl (C=O) groups excluding carboxylic acids is 1. The van der Waals surface area contributed by atoms with Gasteiger partial charge in [-0.15, -0.1) is 0 Å². The van der Waals surface area contributed by atoms with Crippen LogP contribution in [0.25, 0.3) is 0 Å². The molecule has 0 saturated heterocycles. The molecule has 3 rings (SSSR count). The van der Waals surface area contributed by atoms with Crippen molar-refractivity contribution in [3.8, 4) is 5.75 Å². The predicted molar refractivity (Wildman–Crippen MR) is 97.3 cm³/mol. The first-order valence-corrected chi connectivity index (χ1v) is 10.6. The molecule has 0 spiro atoms. The second kappa shape index (κ2) is 7.23. The van der Waals surface area contributed by atoms with E-state index in [4.69, 9.17) is 4.74 Å². The van der Waals surface area contributed by atoms with E-state index in [0.29, 0.717) is 11.4 Å². The van der Waals surface area contributed by atoms with Crippen LogP contribution in [0, 0.1) is 0 Å².